The first-order valence-electron chi connectivity index (χ1n) is 8.29. The summed E-state index contributed by atoms with van der Waals surface area (Å²) in [6.45, 7) is 6.39. The lowest BCUT2D eigenvalue weighted by atomic mass is 10.1. The Hall–Kier alpha value is -0.780. The fourth-order valence-electron chi connectivity index (χ4n) is 2.46. The van der Waals surface area contributed by atoms with Crippen LogP contribution in [0.1, 0.15) is 27.7 Å². The van der Waals surface area contributed by atoms with Gasteiger partial charge >= 0.3 is 0 Å². The predicted octanol–water partition coefficient (Wildman–Crippen LogP) is 5.11. The fourth-order valence-corrected chi connectivity index (χ4v) is 6.14. The Balaban J connectivity index is 2.81. The Labute approximate surface area is 182 Å². The molecular weight excluding hydrogens is 536 g/mol. The van der Waals surface area contributed by atoms with Gasteiger partial charge in [0.2, 0.25) is 0 Å². The van der Waals surface area contributed by atoms with Crippen LogP contribution in [0.5, 0.6) is 0 Å². The molecule has 2 aromatic carbocycles. The average molecular weight is 556 g/mol. The fraction of sp³-hybridized carbons (Fsp3) is 0.333. The summed E-state index contributed by atoms with van der Waals surface area (Å²) >= 11 is 6.52. The summed E-state index contributed by atoms with van der Waals surface area (Å²) in [5.74, 6) is 0. The highest BCUT2D eigenvalue weighted by atomic mass is 79.9. The van der Waals surface area contributed by atoms with E-state index in [1.54, 1.807) is 39.8 Å². The maximum Gasteiger partial charge on any atom is 0.297 e. The van der Waals surface area contributed by atoms with Crippen LogP contribution in [0.15, 0.2) is 55.1 Å². The molecular formula is C18H20Br2O6S2. The molecule has 0 amide bonds. The molecule has 0 radical (unpaired) electrons. The molecule has 0 N–H and O–H groups in total. The number of hydrogen-bond acceptors (Lipinski definition) is 6. The normalized spacial score (nSPS) is 12.7. The molecule has 6 nitrogen and oxygen atoms in total. The summed E-state index contributed by atoms with van der Waals surface area (Å²) < 4.78 is 62.3. The Morgan fingerprint density at radius 2 is 1.00 bits per heavy atom. The van der Waals surface area contributed by atoms with Gasteiger partial charge in [-0.2, -0.15) is 16.8 Å². The summed E-state index contributed by atoms with van der Waals surface area (Å²) in [7, 11) is -8.27. The number of benzene rings is 2. The number of rotatable bonds is 7. The van der Waals surface area contributed by atoms with Crippen molar-refractivity contribution in [3.63, 3.8) is 0 Å². The van der Waals surface area contributed by atoms with Gasteiger partial charge in [-0.05, 0) is 52.0 Å². The summed E-state index contributed by atoms with van der Waals surface area (Å²) in [6.07, 6.45) is -1.15. The first-order chi connectivity index (χ1) is 12.8. The molecule has 0 atom stereocenters. The molecule has 0 spiro atoms. The van der Waals surface area contributed by atoms with E-state index >= 15 is 0 Å². The van der Waals surface area contributed by atoms with Gasteiger partial charge in [0.1, 0.15) is 9.79 Å². The van der Waals surface area contributed by atoms with Gasteiger partial charge in [-0.25, -0.2) is 0 Å². The van der Waals surface area contributed by atoms with Crippen molar-refractivity contribution in [1.29, 1.82) is 0 Å². The lowest BCUT2D eigenvalue weighted by molar-refractivity contribution is 0.247. The molecule has 28 heavy (non-hydrogen) atoms. The topological polar surface area (TPSA) is 86.7 Å². The summed E-state index contributed by atoms with van der Waals surface area (Å²) in [5.41, 5.74) is 0.393. The van der Waals surface area contributed by atoms with Gasteiger partial charge < -0.3 is 0 Å². The second-order valence-corrected chi connectivity index (χ2v) is 11.4. The van der Waals surface area contributed by atoms with Gasteiger partial charge in [-0.3, -0.25) is 8.37 Å². The van der Waals surface area contributed by atoms with Crippen molar-refractivity contribution in [2.45, 2.75) is 49.7 Å². The first-order valence-corrected chi connectivity index (χ1v) is 12.7. The molecule has 0 aliphatic heterocycles. The minimum atomic E-state index is -4.13. The first kappa shape index (κ1) is 23.5. The van der Waals surface area contributed by atoms with E-state index < -0.39 is 32.4 Å². The van der Waals surface area contributed by atoms with Crippen molar-refractivity contribution in [2.75, 3.05) is 0 Å². The van der Waals surface area contributed by atoms with Crippen molar-refractivity contribution in [3.8, 4) is 11.1 Å². The molecule has 0 bridgehead atoms. The van der Waals surface area contributed by atoms with E-state index in [4.69, 9.17) is 8.37 Å². The van der Waals surface area contributed by atoms with Crippen molar-refractivity contribution < 1.29 is 25.2 Å². The van der Waals surface area contributed by atoms with Crippen LogP contribution in [0, 0.1) is 0 Å². The maximum absolute atomic E-state index is 12.8. The van der Waals surface area contributed by atoms with Gasteiger partial charge in [0.25, 0.3) is 20.2 Å². The molecule has 0 heterocycles. The largest absolute Gasteiger partial charge is 0.297 e. The summed E-state index contributed by atoms with van der Waals surface area (Å²) in [5, 5.41) is 0. The smallest absolute Gasteiger partial charge is 0.264 e. The molecule has 0 aliphatic carbocycles. The molecule has 2 rings (SSSR count). The quantitative estimate of drug-likeness (QED) is 0.441. The minimum Gasteiger partial charge on any atom is -0.264 e. The monoisotopic (exact) mass is 554 g/mol. The average Bonchev–Trinajstić information content (AvgIpc) is 2.52. The molecule has 10 heteroatoms. The Morgan fingerprint density at radius 1 is 0.679 bits per heavy atom. The summed E-state index contributed by atoms with van der Waals surface area (Å²) in [6, 6.07) is 9.08. The molecule has 154 valence electrons. The highest BCUT2D eigenvalue weighted by molar-refractivity contribution is 9.10. The SMILES string of the molecule is CC(C)OS(=O)(=O)c1cc(Br)ccc1-c1ccc(Br)cc1S(=O)(=O)OC(C)C. The van der Waals surface area contributed by atoms with Crippen molar-refractivity contribution in [2.24, 2.45) is 0 Å². The summed E-state index contributed by atoms with van der Waals surface area (Å²) in [4.78, 5) is -0.280. The molecule has 0 aliphatic rings. The lowest BCUT2D eigenvalue weighted by Gasteiger charge is -2.17. The van der Waals surface area contributed by atoms with E-state index in [1.165, 1.54) is 24.3 Å². The van der Waals surface area contributed by atoms with Crippen LogP contribution in [-0.4, -0.2) is 29.0 Å². The third kappa shape index (κ3) is 5.64. The van der Waals surface area contributed by atoms with Crippen LogP contribution >= 0.6 is 31.9 Å². The van der Waals surface area contributed by atoms with E-state index in [1.807, 2.05) is 0 Å². The van der Waals surface area contributed by atoms with Crippen LogP contribution in [-0.2, 0) is 28.6 Å². The number of hydrogen-bond donors (Lipinski definition) is 0. The van der Waals surface area contributed by atoms with Crippen LogP contribution in [0.25, 0.3) is 11.1 Å². The highest BCUT2D eigenvalue weighted by Gasteiger charge is 2.28. The Morgan fingerprint density at radius 3 is 1.29 bits per heavy atom. The molecule has 0 saturated carbocycles. The lowest BCUT2D eigenvalue weighted by Crippen LogP contribution is -2.15. The van der Waals surface area contributed by atoms with Gasteiger partial charge in [-0.15, -0.1) is 0 Å². The zero-order valence-corrected chi connectivity index (χ0v) is 20.4. The van der Waals surface area contributed by atoms with Gasteiger partial charge in [-0.1, -0.05) is 44.0 Å². The molecule has 0 aromatic heterocycles. The highest BCUT2D eigenvalue weighted by Crippen LogP contribution is 2.37. The zero-order chi connectivity index (χ0) is 21.3. The van der Waals surface area contributed by atoms with Crippen LogP contribution < -0.4 is 0 Å². The maximum atomic E-state index is 12.8. The Kier molecular flexibility index (Phi) is 7.49. The van der Waals surface area contributed by atoms with E-state index in [9.17, 15) is 16.8 Å². The van der Waals surface area contributed by atoms with E-state index in [0.29, 0.717) is 8.95 Å². The van der Waals surface area contributed by atoms with Gasteiger partial charge in [0.15, 0.2) is 0 Å². The second-order valence-electron chi connectivity index (χ2n) is 6.48. The Bertz CT molecular complexity index is 990. The minimum absolute atomic E-state index is 0.140. The predicted molar refractivity (Wildman–Crippen MR) is 114 cm³/mol. The van der Waals surface area contributed by atoms with E-state index in [2.05, 4.69) is 31.9 Å². The van der Waals surface area contributed by atoms with Crippen molar-refractivity contribution in [3.05, 3.63) is 45.3 Å². The van der Waals surface area contributed by atoms with Crippen LogP contribution in [0.2, 0.25) is 0 Å². The van der Waals surface area contributed by atoms with Crippen molar-refractivity contribution in [1.82, 2.24) is 0 Å². The molecule has 2 aromatic rings. The third-order valence-corrected chi connectivity index (χ3v) is 7.37. The zero-order valence-electron chi connectivity index (χ0n) is 15.6. The molecule has 0 saturated heterocycles. The van der Waals surface area contributed by atoms with Crippen LogP contribution in [0.4, 0.5) is 0 Å². The third-order valence-electron chi connectivity index (χ3n) is 3.35. The second kappa shape index (κ2) is 8.93. The standard InChI is InChI=1S/C18H20Br2O6S2/c1-11(2)25-27(21,22)17-9-13(19)5-7-15(17)16-8-6-14(20)10-18(16)28(23,24)26-12(3)4/h5-12H,1-4H3. The molecule has 0 fully saturated rings. The van der Waals surface area contributed by atoms with Gasteiger partial charge in [0.05, 0.1) is 12.2 Å². The van der Waals surface area contributed by atoms with Crippen LogP contribution in [0.3, 0.4) is 0 Å². The number of halogens is 2. The molecule has 0 unspecified atom stereocenters. The van der Waals surface area contributed by atoms with E-state index in [0.717, 1.165) is 0 Å². The van der Waals surface area contributed by atoms with Crippen molar-refractivity contribution >= 4 is 52.1 Å². The van der Waals surface area contributed by atoms with E-state index in [-0.39, 0.29) is 20.9 Å². The van der Waals surface area contributed by atoms with Gasteiger partial charge in [0, 0.05) is 20.1 Å².